The molecule has 170 valence electrons. The molecule has 2 fully saturated rings. The van der Waals surface area contributed by atoms with E-state index in [0.717, 1.165) is 62.3 Å². The molecule has 1 saturated carbocycles. The van der Waals surface area contributed by atoms with Gasteiger partial charge in [-0.3, -0.25) is 4.90 Å². The molecular weight excluding hydrogens is 420 g/mol. The summed E-state index contributed by atoms with van der Waals surface area (Å²) in [5.74, 6) is 0. The maximum absolute atomic E-state index is 11.7. The Balaban J connectivity index is 1.54. The molecule has 1 aliphatic heterocycles. The first-order chi connectivity index (χ1) is 15.3. The number of allylic oxidation sites excluding steroid dienone is 4. The summed E-state index contributed by atoms with van der Waals surface area (Å²) >= 11 is 0. The lowest BCUT2D eigenvalue weighted by molar-refractivity contribution is 0.296. The zero-order valence-electron chi connectivity index (χ0n) is 19.0. The van der Waals surface area contributed by atoms with Gasteiger partial charge >= 0.3 is 0 Å². The number of sulfonamides is 1. The summed E-state index contributed by atoms with van der Waals surface area (Å²) in [6, 6.07) is 10.4. The van der Waals surface area contributed by atoms with E-state index in [9.17, 15) is 13.7 Å². The zero-order chi connectivity index (χ0) is 22.8. The summed E-state index contributed by atoms with van der Waals surface area (Å²) in [7, 11) is -1.09. The van der Waals surface area contributed by atoms with Crippen molar-refractivity contribution in [2.24, 2.45) is 0 Å². The third kappa shape index (κ3) is 5.57. The Kier molecular flexibility index (Phi) is 6.68. The Hall–Kier alpha value is -2.24. The van der Waals surface area contributed by atoms with Gasteiger partial charge in [-0.2, -0.15) is 5.26 Å². The highest BCUT2D eigenvalue weighted by Crippen LogP contribution is 2.46. The average Bonchev–Trinajstić information content (AvgIpc) is 3.56. The van der Waals surface area contributed by atoms with Gasteiger partial charge in [0.1, 0.15) is 0 Å². The van der Waals surface area contributed by atoms with Gasteiger partial charge < -0.3 is 4.90 Å². The predicted octanol–water partition coefficient (Wildman–Crippen LogP) is 3.03. The van der Waals surface area contributed by atoms with Crippen LogP contribution in [0.25, 0.3) is 5.57 Å². The van der Waals surface area contributed by atoms with E-state index in [-0.39, 0.29) is 0 Å². The first-order valence-corrected chi connectivity index (χ1v) is 13.2. The van der Waals surface area contributed by atoms with Crippen LogP contribution in [0.1, 0.15) is 36.8 Å². The maximum atomic E-state index is 11.7. The molecule has 1 saturated heterocycles. The summed E-state index contributed by atoms with van der Waals surface area (Å²) in [5, 5.41) is 9.90. The van der Waals surface area contributed by atoms with Crippen molar-refractivity contribution in [3.05, 3.63) is 64.8 Å². The number of nitriles is 1. The van der Waals surface area contributed by atoms with Crippen LogP contribution in [0.2, 0.25) is 0 Å². The molecule has 0 aromatic heterocycles. The molecule has 1 aromatic carbocycles. The Morgan fingerprint density at radius 3 is 2.53 bits per heavy atom. The van der Waals surface area contributed by atoms with Gasteiger partial charge in [0.05, 0.1) is 23.4 Å². The van der Waals surface area contributed by atoms with Crippen LogP contribution in [0.15, 0.2) is 53.6 Å². The molecular formula is C25H32N4O2S. The number of hydrogen-bond acceptors (Lipinski definition) is 5. The molecule has 0 unspecified atom stereocenters. The zero-order valence-corrected chi connectivity index (χ0v) is 19.8. The highest BCUT2D eigenvalue weighted by Gasteiger charge is 2.46. The Labute approximate surface area is 192 Å². The van der Waals surface area contributed by atoms with Gasteiger partial charge in [-0.25, -0.2) is 13.1 Å². The van der Waals surface area contributed by atoms with Gasteiger partial charge in [0.25, 0.3) is 0 Å². The normalized spacial score (nSPS) is 22.1. The van der Waals surface area contributed by atoms with E-state index in [0.29, 0.717) is 12.0 Å². The number of hydrogen-bond donors (Lipinski definition) is 1. The molecule has 0 atom stereocenters. The predicted molar refractivity (Wildman–Crippen MR) is 128 cm³/mol. The maximum Gasteiger partial charge on any atom is 0.209 e. The summed E-state index contributed by atoms with van der Waals surface area (Å²) in [4.78, 5) is 4.84. The fourth-order valence-electron chi connectivity index (χ4n) is 4.67. The van der Waals surface area contributed by atoms with Gasteiger partial charge in [0.2, 0.25) is 10.0 Å². The number of rotatable bonds is 6. The van der Waals surface area contributed by atoms with Gasteiger partial charge in [-0.15, -0.1) is 0 Å². The number of nitrogens with one attached hydrogen (secondary N) is 1. The van der Waals surface area contributed by atoms with Crippen molar-refractivity contribution in [2.75, 3.05) is 46.0 Å². The van der Waals surface area contributed by atoms with E-state index in [1.807, 2.05) is 30.3 Å². The molecule has 3 aliphatic rings. The fourth-order valence-corrected chi connectivity index (χ4v) is 5.70. The van der Waals surface area contributed by atoms with Crippen molar-refractivity contribution < 1.29 is 8.42 Å². The van der Waals surface area contributed by atoms with Gasteiger partial charge in [-0.1, -0.05) is 36.4 Å². The summed E-state index contributed by atoms with van der Waals surface area (Å²) < 4.78 is 26.2. The SMILES string of the molecule is CN1CCCN(CC2=CC(C#N)=C(c3ccc(C4(NS(C)(=O)=O)CC4)cc3)CC=C2)CC1. The molecule has 1 aromatic rings. The van der Waals surface area contributed by atoms with Crippen molar-refractivity contribution in [1.82, 2.24) is 14.5 Å². The van der Waals surface area contributed by atoms with E-state index in [1.165, 1.54) is 18.2 Å². The second-order valence-electron chi connectivity index (χ2n) is 9.30. The smallest absolute Gasteiger partial charge is 0.209 e. The minimum Gasteiger partial charge on any atom is -0.305 e. The van der Waals surface area contributed by atoms with Crippen molar-refractivity contribution in [1.29, 1.82) is 5.26 Å². The summed E-state index contributed by atoms with van der Waals surface area (Å²) in [6.07, 6.45) is 11.0. The highest BCUT2D eigenvalue weighted by molar-refractivity contribution is 7.88. The molecule has 32 heavy (non-hydrogen) atoms. The topological polar surface area (TPSA) is 76.4 Å². The number of nitrogens with zero attached hydrogens (tertiary/aromatic N) is 3. The minimum absolute atomic E-state index is 0.462. The third-order valence-electron chi connectivity index (χ3n) is 6.56. The summed E-state index contributed by atoms with van der Waals surface area (Å²) in [5.41, 5.74) is 4.43. The first kappa shape index (κ1) is 22.9. The molecule has 6 nitrogen and oxygen atoms in total. The molecule has 0 radical (unpaired) electrons. The lowest BCUT2D eigenvalue weighted by Gasteiger charge is -2.20. The van der Waals surface area contributed by atoms with E-state index in [4.69, 9.17) is 0 Å². The average molecular weight is 453 g/mol. The van der Waals surface area contributed by atoms with Gasteiger partial charge in [0, 0.05) is 19.6 Å². The molecule has 0 spiro atoms. The minimum atomic E-state index is -3.27. The van der Waals surface area contributed by atoms with Crippen molar-refractivity contribution >= 4 is 15.6 Å². The van der Waals surface area contributed by atoms with Crippen molar-refractivity contribution in [3.63, 3.8) is 0 Å². The molecule has 0 amide bonds. The van der Waals surface area contributed by atoms with Crippen LogP contribution in [0, 0.1) is 11.3 Å². The second-order valence-corrected chi connectivity index (χ2v) is 11.0. The van der Waals surface area contributed by atoms with Gasteiger partial charge in [0.15, 0.2) is 0 Å². The summed E-state index contributed by atoms with van der Waals surface area (Å²) in [6.45, 7) is 5.20. The van der Waals surface area contributed by atoms with Crippen molar-refractivity contribution in [2.45, 2.75) is 31.2 Å². The highest BCUT2D eigenvalue weighted by atomic mass is 32.2. The van der Waals surface area contributed by atoms with Crippen LogP contribution in [0.3, 0.4) is 0 Å². The first-order valence-electron chi connectivity index (χ1n) is 11.3. The van der Waals surface area contributed by atoms with Crippen LogP contribution in [-0.2, 0) is 15.6 Å². The fraction of sp³-hybridized carbons (Fsp3) is 0.480. The number of likely N-dealkylation sites (N-methyl/N-ethyl adjacent to an activating group) is 1. The Morgan fingerprint density at radius 2 is 1.88 bits per heavy atom. The lowest BCUT2D eigenvalue weighted by Crippen LogP contribution is -2.33. The van der Waals surface area contributed by atoms with E-state index in [2.05, 4.69) is 39.8 Å². The Morgan fingerprint density at radius 1 is 1.12 bits per heavy atom. The van der Waals surface area contributed by atoms with Crippen molar-refractivity contribution in [3.8, 4) is 6.07 Å². The van der Waals surface area contributed by atoms with Crippen LogP contribution < -0.4 is 4.72 Å². The Bertz CT molecular complexity index is 1090. The third-order valence-corrected chi connectivity index (χ3v) is 7.33. The largest absolute Gasteiger partial charge is 0.305 e. The molecule has 1 heterocycles. The molecule has 0 bridgehead atoms. The van der Waals surface area contributed by atoms with E-state index < -0.39 is 15.6 Å². The quantitative estimate of drug-likeness (QED) is 0.718. The van der Waals surface area contributed by atoms with Gasteiger partial charge in [-0.05, 0) is 74.2 Å². The van der Waals surface area contributed by atoms with Crippen LogP contribution in [-0.4, -0.2) is 64.2 Å². The molecule has 7 heteroatoms. The number of benzene rings is 1. The van der Waals surface area contributed by atoms with Crippen LogP contribution in [0.4, 0.5) is 0 Å². The second kappa shape index (κ2) is 9.32. The standard InChI is InChI=1S/C25H32N4O2S/c1-28-13-4-14-29(16-15-28)19-20-5-3-6-24(22(17-20)18-26)21-7-9-23(10-8-21)25(11-12-25)27-32(2,30)31/h3,5,7-10,17,27H,4,6,11-16,19H2,1-2H3. The van der Waals surface area contributed by atoms with E-state index in [1.54, 1.807) is 0 Å². The molecule has 4 rings (SSSR count). The van der Waals surface area contributed by atoms with E-state index >= 15 is 0 Å². The monoisotopic (exact) mass is 452 g/mol. The lowest BCUT2D eigenvalue weighted by atomic mass is 9.95. The molecule has 2 aliphatic carbocycles. The van der Waals surface area contributed by atoms with Crippen LogP contribution in [0.5, 0.6) is 0 Å². The van der Waals surface area contributed by atoms with Crippen LogP contribution >= 0.6 is 0 Å². The molecule has 1 N–H and O–H groups in total.